The summed E-state index contributed by atoms with van der Waals surface area (Å²) in [5, 5.41) is 30.4. The van der Waals surface area contributed by atoms with Crippen molar-refractivity contribution in [1.82, 2.24) is 16.0 Å². The van der Waals surface area contributed by atoms with E-state index in [1.807, 2.05) is 0 Å². The van der Waals surface area contributed by atoms with Crippen LogP contribution in [0.5, 0.6) is 0 Å². The summed E-state index contributed by atoms with van der Waals surface area (Å²) in [5.41, 5.74) is 6.27. The van der Waals surface area contributed by atoms with Crippen LogP contribution in [0.2, 0.25) is 0 Å². The molecule has 0 heterocycles. The standard InChI is InChI=1S/C33H62N4O5/c1-24(2)17-19-36-31(40)16-10-5-11-18-35-32(41)23-30(39)28(21-26-14-8-4-9-15-26)37-33(42)22-29(38)27(34)20-25-12-6-3-7-13-25/h24-30,38-39H,3-23,34H2,1-2H3,(H,35,41)(H,36,40)(H,37,42)/t27-,28-,29-,30-/m0/s1. The van der Waals surface area contributed by atoms with Gasteiger partial charge < -0.3 is 31.9 Å². The van der Waals surface area contributed by atoms with Crippen molar-refractivity contribution in [2.45, 2.75) is 160 Å². The molecular formula is C33H62N4O5. The van der Waals surface area contributed by atoms with Crippen molar-refractivity contribution in [1.29, 1.82) is 0 Å². The second-order valence-corrected chi connectivity index (χ2v) is 13.6. The Kier molecular flexibility index (Phi) is 18.3. The first kappa shape index (κ1) is 36.5. The summed E-state index contributed by atoms with van der Waals surface area (Å²) in [4.78, 5) is 37.4. The lowest BCUT2D eigenvalue weighted by atomic mass is 9.83. The Morgan fingerprint density at radius 1 is 0.714 bits per heavy atom. The van der Waals surface area contributed by atoms with Crippen molar-refractivity contribution in [3.63, 3.8) is 0 Å². The summed E-state index contributed by atoms with van der Waals surface area (Å²) in [7, 11) is 0. The van der Waals surface area contributed by atoms with Crippen LogP contribution < -0.4 is 21.7 Å². The normalized spacial score (nSPS) is 19.6. The molecule has 9 heteroatoms. The topological polar surface area (TPSA) is 154 Å². The fraction of sp³-hybridized carbons (Fsp3) is 0.909. The SMILES string of the molecule is CC(C)CCNC(=O)CCCCCNC(=O)C[C@H](O)[C@H](CC1CCCCC1)NC(=O)C[C@H](O)[C@@H](N)CC1CCCCC1. The predicted octanol–water partition coefficient (Wildman–Crippen LogP) is 4.08. The van der Waals surface area contributed by atoms with E-state index < -0.39 is 24.3 Å². The van der Waals surface area contributed by atoms with Crippen LogP contribution in [0.4, 0.5) is 0 Å². The molecule has 0 saturated heterocycles. The molecule has 0 aromatic heterocycles. The van der Waals surface area contributed by atoms with Crippen molar-refractivity contribution in [2.75, 3.05) is 13.1 Å². The third kappa shape index (κ3) is 16.2. The summed E-state index contributed by atoms with van der Waals surface area (Å²) < 4.78 is 0. The second-order valence-electron chi connectivity index (χ2n) is 13.6. The lowest BCUT2D eigenvalue weighted by molar-refractivity contribution is -0.128. The van der Waals surface area contributed by atoms with Gasteiger partial charge in [0.05, 0.1) is 31.1 Å². The summed E-state index contributed by atoms with van der Waals surface area (Å²) in [6.45, 7) is 5.47. The van der Waals surface area contributed by atoms with Gasteiger partial charge in [-0.25, -0.2) is 0 Å². The quantitative estimate of drug-likeness (QED) is 0.117. The molecule has 0 spiro atoms. The van der Waals surface area contributed by atoms with E-state index in [4.69, 9.17) is 5.73 Å². The highest BCUT2D eigenvalue weighted by molar-refractivity contribution is 5.78. The van der Waals surface area contributed by atoms with Gasteiger partial charge in [-0.1, -0.05) is 84.5 Å². The Morgan fingerprint density at radius 3 is 1.90 bits per heavy atom. The van der Waals surface area contributed by atoms with Gasteiger partial charge in [-0.2, -0.15) is 0 Å². The maximum atomic E-state index is 12.9. The maximum absolute atomic E-state index is 12.9. The Bertz CT molecular complexity index is 768. The average Bonchev–Trinajstić information content (AvgIpc) is 2.95. The van der Waals surface area contributed by atoms with E-state index in [1.54, 1.807) is 0 Å². The van der Waals surface area contributed by atoms with E-state index >= 15 is 0 Å². The minimum Gasteiger partial charge on any atom is -0.391 e. The van der Waals surface area contributed by atoms with Crippen LogP contribution in [0, 0.1) is 17.8 Å². The van der Waals surface area contributed by atoms with Gasteiger partial charge in [0.2, 0.25) is 17.7 Å². The van der Waals surface area contributed by atoms with Crippen molar-refractivity contribution in [3.05, 3.63) is 0 Å². The van der Waals surface area contributed by atoms with Crippen molar-refractivity contribution >= 4 is 17.7 Å². The Morgan fingerprint density at radius 2 is 1.29 bits per heavy atom. The number of rotatable bonds is 20. The van der Waals surface area contributed by atoms with Crippen LogP contribution >= 0.6 is 0 Å². The van der Waals surface area contributed by atoms with Gasteiger partial charge in [0.15, 0.2) is 0 Å². The fourth-order valence-corrected chi connectivity index (χ4v) is 6.47. The van der Waals surface area contributed by atoms with Crippen LogP contribution in [-0.4, -0.2) is 65.3 Å². The zero-order valence-electron chi connectivity index (χ0n) is 26.6. The van der Waals surface area contributed by atoms with E-state index in [9.17, 15) is 24.6 Å². The number of carbonyl (C=O) groups excluding carboxylic acids is 3. The molecule has 0 aromatic carbocycles. The number of hydrogen-bond acceptors (Lipinski definition) is 6. The lowest BCUT2D eigenvalue weighted by Crippen LogP contribution is -2.48. The van der Waals surface area contributed by atoms with E-state index in [2.05, 4.69) is 29.8 Å². The number of aliphatic hydroxyl groups is 2. The van der Waals surface area contributed by atoms with E-state index in [-0.39, 0.29) is 30.6 Å². The molecule has 3 amide bonds. The van der Waals surface area contributed by atoms with Gasteiger partial charge >= 0.3 is 0 Å². The second kappa shape index (κ2) is 21.1. The third-order valence-electron chi connectivity index (χ3n) is 9.18. The van der Waals surface area contributed by atoms with Gasteiger partial charge in [-0.3, -0.25) is 14.4 Å². The molecule has 2 aliphatic rings. The first-order valence-corrected chi connectivity index (χ1v) is 17.1. The van der Waals surface area contributed by atoms with Crippen molar-refractivity contribution < 1.29 is 24.6 Å². The van der Waals surface area contributed by atoms with Crippen LogP contribution in [0.3, 0.4) is 0 Å². The molecule has 7 N–H and O–H groups in total. The zero-order valence-corrected chi connectivity index (χ0v) is 26.6. The van der Waals surface area contributed by atoms with Crippen LogP contribution in [0.25, 0.3) is 0 Å². The van der Waals surface area contributed by atoms with Crippen LogP contribution in [-0.2, 0) is 14.4 Å². The molecular weight excluding hydrogens is 532 g/mol. The smallest absolute Gasteiger partial charge is 0.222 e. The van der Waals surface area contributed by atoms with E-state index in [0.29, 0.717) is 43.7 Å². The summed E-state index contributed by atoms with van der Waals surface area (Å²) in [6.07, 6.45) is 14.7. The molecule has 2 rings (SSSR count). The monoisotopic (exact) mass is 594 g/mol. The van der Waals surface area contributed by atoms with Crippen LogP contribution in [0.15, 0.2) is 0 Å². The number of amides is 3. The van der Waals surface area contributed by atoms with E-state index in [0.717, 1.165) is 70.6 Å². The highest BCUT2D eigenvalue weighted by Gasteiger charge is 2.29. The minimum absolute atomic E-state index is 0.0765. The van der Waals surface area contributed by atoms with Gasteiger partial charge in [-0.05, 0) is 49.9 Å². The Balaban J connectivity index is 1.73. The van der Waals surface area contributed by atoms with E-state index in [1.165, 1.54) is 25.7 Å². The molecule has 2 saturated carbocycles. The maximum Gasteiger partial charge on any atom is 0.222 e. The predicted molar refractivity (Wildman–Crippen MR) is 167 cm³/mol. The van der Waals surface area contributed by atoms with Gasteiger partial charge in [0.25, 0.3) is 0 Å². The molecule has 0 aromatic rings. The number of nitrogens with one attached hydrogen (secondary N) is 3. The van der Waals surface area contributed by atoms with Gasteiger partial charge in [0, 0.05) is 25.6 Å². The number of aliphatic hydroxyl groups excluding tert-OH is 2. The molecule has 0 radical (unpaired) electrons. The third-order valence-corrected chi connectivity index (χ3v) is 9.18. The summed E-state index contributed by atoms with van der Waals surface area (Å²) in [6, 6.07) is -0.979. The lowest BCUT2D eigenvalue weighted by Gasteiger charge is -2.31. The van der Waals surface area contributed by atoms with Crippen molar-refractivity contribution in [2.24, 2.45) is 23.5 Å². The number of unbranched alkanes of at least 4 members (excludes halogenated alkanes) is 2. The molecule has 0 aliphatic heterocycles. The molecule has 42 heavy (non-hydrogen) atoms. The molecule has 2 aliphatic carbocycles. The minimum atomic E-state index is -1.00. The fourth-order valence-electron chi connectivity index (χ4n) is 6.47. The molecule has 0 unspecified atom stereocenters. The largest absolute Gasteiger partial charge is 0.391 e. The van der Waals surface area contributed by atoms with Crippen molar-refractivity contribution in [3.8, 4) is 0 Å². The Labute approximate surface area is 254 Å². The van der Waals surface area contributed by atoms with Crippen LogP contribution in [0.1, 0.15) is 136 Å². The average molecular weight is 595 g/mol. The zero-order chi connectivity index (χ0) is 30.7. The number of carbonyl (C=O) groups is 3. The number of nitrogens with two attached hydrogens (primary N) is 1. The highest BCUT2D eigenvalue weighted by atomic mass is 16.3. The molecule has 4 atom stereocenters. The van der Waals surface area contributed by atoms with Gasteiger partial charge in [0.1, 0.15) is 0 Å². The van der Waals surface area contributed by atoms with Gasteiger partial charge in [-0.15, -0.1) is 0 Å². The number of hydrogen-bond donors (Lipinski definition) is 6. The molecule has 9 nitrogen and oxygen atoms in total. The molecule has 0 bridgehead atoms. The molecule has 244 valence electrons. The Hall–Kier alpha value is -1.71. The highest BCUT2D eigenvalue weighted by Crippen LogP contribution is 2.29. The first-order valence-electron chi connectivity index (χ1n) is 17.1. The molecule has 2 fully saturated rings. The summed E-state index contributed by atoms with van der Waals surface area (Å²) in [5.74, 6) is 1.00. The summed E-state index contributed by atoms with van der Waals surface area (Å²) >= 11 is 0. The first-order chi connectivity index (χ1) is 20.1.